The second-order valence-electron chi connectivity index (χ2n) is 4.97. The van der Waals surface area contributed by atoms with Crippen LogP contribution in [0.4, 0.5) is 4.79 Å². The Kier molecular flexibility index (Phi) is 7.43. The fraction of sp³-hybridized carbons (Fsp3) is 0.846. The zero-order valence-corrected chi connectivity index (χ0v) is 12.0. The first-order chi connectivity index (χ1) is 9.15. The first-order valence-electron chi connectivity index (χ1n) is 7.10. The van der Waals surface area contributed by atoms with Gasteiger partial charge in [-0.15, -0.1) is 0 Å². The second-order valence-corrected chi connectivity index (χ2v) is 4.97. The summed E-state index contributed by atoms with van der Waals surface area (Å²) in [4.78, 5) is 24.7. The molecule has 1 fully saturated rings. The van der Waals surface area contributed by atoms with Crippen LogP contribution in [0.3, 0.4) is 0 Å². The van der Waals surface area contributed by atoms with E-state index < -0.39 is 6.03 Å². The van der Waals surface area contributed by atoms with Gasteiger partial charge in [0, 0.05) is 20.0 Å². The van der Waals surface area contributed by atoms with Crippen LogP contribution in [-0.4, -0.2) is 56.6 Å². The van der Waals surface area contributed by atoms with Gasteiger partial charge in [-0.3, -0.25) is 10.1 Å². The van der Waals surface area contributed by atoms with E-state index in [0.717, 1.165) is 38.6 Å². The lowest BCUT2D eigenvalue weighted by Gasteiger charge is -2.31. The monoisotopic (exact) mass is 270 g/mol. The summed E-state index contributed by atoms with van der Waals surface area (Å²) in [6.45, 7) is 7.07. The molecule has 1 aliphatic rings. The highest BCUT2D eigenvalue weighted by Gasteiger charge is 2.19. The van der Waals surface area contributed by atoms with E-state index in [2.05, 4.69) is 27.8 Å². The Hall–Kier alpha value is -1.14. The number of nitrogens with one attached hydrogen (secondary N) is 3. The number of carbonyl (C=O) groups excluding carboxylic acids is 2. The smallest absolute Gasteiger partial charge is 0.321 e. The third kappa shape index (κ3) is 6.54. The van der Waals surface area contributed by atoms with E-state index in [1.54, 1.807) is 0 Å². The van der Waals surface area contributed by atoms with Gasteiger partial charge in [-0.1, -0.05) is 6.92 Å². The van der Waals surface area contributed by atoms with Gasteiger partial charge in [0.1, 0.15) is 0 Å². The summed E-state index contributed by atoms with van der Waals surface area (Å²) < 4.78 is 0. The Morgan fingerprint density at radius 1 is 1.26 bits per heavy atom. The molecule has 0 unspecified atom stereocenters. The van der Waals surface area contributed by atoms with E-state index in [1.807, 2.05) is 0 Å². The normalized spacial score (nSPS) is 17.2. The van der Waals surface area contributed by atoms with E-state index in [-0.39, 0.29) is 5.91 Å². The van der Waals surface area contributed by atoms with Crippen molar-refractivity contribution in [3.8, 4) is 0 Å². The van der Waals surface area contributed by atoms with Gasteiger partial charge in [-0.25, -0.2) is 4.79 Å². The van der Waals surface area contributed by atoms with E-state index in [4.69, 9.17) is 0 Å². The number of carbonyl (C=O) groups is 2. The minimum absolute atomic E-state index is 0.214. The van der Waals surface area contributed by atoms with Gasteiger partial charge in [0.05, 0.1) is 0 Å². The molecule has 0 aliphatic carbocycles. The summed E-state index contributed by atoms with van der Waals surface area (Å²) in [6.07, 6.45) is 2.75. The minimum atomic E-state index is -0.436. The molecule has 1 aliphatic heterocycles. The highest BCUT2D eigenvalue weighted by molar-refractivity contribution is 5.94. The molecule has 6 heteroatoms. The molecule has 0 atom stereocenters. The number of rotatable bonds is 6. The van der Waals surface area contributed by atoms with Crippen molar-refractivity contribution in [1.29, 1.82) is 0 Å². The Morgan fingerprint density at radius 3 is 2.53 bits per heavy atom. The number of likely N-dealkylation sites (tertiary alicyclic amines) is 1. The molecule has 3 N–H and O–H groups in total. The van der Waals surface area contributed by atoms with Gasteiger partial charge >= 0.3 is 6.03 Å². The van der Waals surface area contributed by atoms with Crippen LogP contribution in [0.15, 0.2) is 0 Å². The van der Waals surface area contributed by atoms with Gasteiger partial charge in [-0.2, -0.15) is 0 Å². The lowest BCUT2D eigenvalue weighted by molar-refractivity contribution is -0.120. The molecule has 19 heavy (non-hydrogen) atoms. The van der Waals surface area contributed by atoms with E-state index in [0.29, 0.717) is 6.42 Å². The molecular formula is C13H26N4O2. The fourth-order valence-corrected chi connectivity index (χ4v) is 2.27. The lowest BCUT2D eigenvalue weighted by Crippen LogP contribution is -2.41. The number of nitrogens with zero attached hydrogens (tertiary/aromatic N) is 1. The molecule has 0 radical (unpaired) electrons. The van der Waals surface area contributed by atoms with Crippen LogP contribution in [0.1, 0.15) is 26.2 Å². The predicted octanol–water partition coefficient (Wildman–Crippen LogP) is 0.154. The number of imide groups is 1. The molecule has 0 spiro atoms. The number of urea groups is 1. The standard InChI is InChI=1S/C13H26N4O2/c1-3-15-10-11-4-7-17(8-5-11)9-6-12(18)16-13(19)14-2/h11,15H,3-10H2,1-2H3,(H2,14,16,18,19). The first kappa shape index (κ1) is 15.9. The van der Waals surface area contributed by atoms with Crippen molar-refractivity contribution < 1.29 is 9.59 Å². The van der Waals surface area contributed by atoms with Gasteiger partial charge in [0.25, 0.3) is 0 Å². The summed E-state index contributed by atoms with van der Waals surface area (Å²) >= 11 is 0. The Bertz CT molecular complexity index is 288. The fourth-order valence-electron chi connectivity index (χ4n) is 2.27. The minimum Gasteiger partial charge on any atom is -0.341 e. The van der Waals surface area contributed by atoms with Gasteiger partial charge in [-0.05, 0) is 44.9 Å². The Morgan fingerprint density at radius 2 is 1.95 bits per heavy atom. The molecule has 110 valence electrons. The maximum absolute atomic E-state index is 11.5. The van der Waals surface area contributed by atoms with Crippen molar-refractivity contribution in [2.75, 3.05) is 39.8 Å². The van der Waals surface area contributed by atoms with Crippen molar-refractivity contribution in [2.45, 2.75) is 26.2 Å². The molecule has 0 aromatic rings. The zero-order chi connectivity index (χ0) is 14.1. The summed E-state index contributed by atoms with van der Waals surface area (Å²) in [5.41, 5.74) is 0. The molecule has 0 aromatic carbocycles. The SMILES string of the molecule is CCNCC1CCN(CCC(=O)NC(=O)NC)CC1. The lowest BCUT2D eigenvalue weighted by atomic mass is 9.96. The van der Waals surface area contributed by atoms with Crippen LogP contribution in [0.25, 0.3) is 0 Å². The molecule has 0 saturated carbocycles. The van der Waals surface area contributed by atoms with Crippen LogP contribution in [0.5, 0.6) is 0 Å². The van der Waals surface area contributed by atoms with E-state index in [1.165, 1.54) is 19.9 Å². The molecular weight excluding hydrogens is 244 g/mol. The molecule has 0 aromatic heterocycles. The largest absolute Gasteiger partial charge is 0.341 e. The second kappa shape index (κ2) is 8.87. The number of piperidine rings is 1. The third-order valence-corrected chi connectivity index (χ3v) is 3.53. The molecule has 1 rings (SSSR count). The summed E-state index contributed by atoms with van der Waals surface area (Å²) in [5, 5.41) is 8.03. The predicted molar refractivity (Wildman–Crippen MR) is 74.9 cm³/mol. The van der Waals surface area contributed by atoms with Crippen LogP contribution >= 0.6 is 0 Å². The highest BCUT2D eigenvalue weighted by atomic mass is 16.2. The Balaban J connectivity index is 2.12. The van der Waals surface area contributed by atoms with E-state index >= 15 is 0 Å². The summed E-state index contributed by atoms with van der Waals surface area (Å²) in [6, 6.07) is -0.436. The number of hydrogen-bond donors (Lipinski definition) is 3. The molecule has 1 heterocycles. The van der Waals surface area contributed by atoms with Crippen molar-refractivity contribution in [3.63, 3.8) is 0 Å². The molecule has 0 bridgehead atoms. The van der Waals surface area contributed by atoms with Gasteiger partial charge in [0.15, 0.2) is 0 Å². The Labute approximate surface area is 115 Å². The zero-order valence-electron chi connectivity index (χ0n) is 12.0. The van der Waals surface area contributed by atoms with Crippen LogP contribution in [-0.2, 0) is 4.79 Å². The molecule has 6 nitrogen and oxygen atoms in total. The maximum Gasteiger partial charge on any atom is 0.321 e. The highest BCUT2D eigenvalue weighted by Crippen LogP contribution is 2.16. The third-order valence-electron chi connectivity index (χ3n) is 3.53. The average molecular weight is 270 g/mol. The summed E-state index contributed by atoms with van der Waals surface area (Å²) in [7, 11) is 1.50. The summed E-state index contributed by atoms with van der Waals surface area (Å²) in [5.74, 6) is 0.546. The number of hydrogen-bond acceptors (Lipinski definition) is 4. The van der Waals surface area contributed by atoms with Crippen LogP contribution in [0, 0.1) is 5.92 Å². The van der Waals surface area contributed by atoms with Crippen molar-refractivity contribution >= 4 is 11.9 Å². The topological polar surface area (TPSA) is 73.5 Å². The van der Waals surface area contributed by atoms with Gasteiger partial charge in [0.2, 0.25) is 5.91 Å². The van der Waals surface area contributed by atoms with Crippen molar-refractivity contribution in [2.24, 2.45) is 5.92 Å². The molecule has 3 amide bonds. The quantitative estimate of drug-likeness (QED) is 0.642. The molecule has 1 saturated heterocycles. The van der Waals surface area contributed by atoms with Crippen LogP contribution in [0.2, 0.25) is 0 Å². The number of amides is 3. The maximum atomic E-state index is 11.5. The first-order valence-corrected chi connectivity index (χ1v) is 7.10. The van der Waals surface area contributed by atoms with Gasteiger partial charge < -0.3 is 15.5 Å². The van der Waals surface area contributed by atoms with Crippen LogP contribution < -0.4 is 16.0 Å². The average Bonchev–Trinajstić information content (AvgIpc) is 2.43. The van der Waals surface area contributed by atoms with E-state index in [9.17, 15) is 9.59 Å². The van der Waals surface area contributed by atoms with Crippen molar-refractivity contribution in [1.82, 2.24) is 20.9 Å². The van der Waals surface area contributed by atoms with Crippen molar-refractivity contribution in [3.05, 3.63) is 0 Å².